The molecule has 2 aromatic carbocycles. The molecule has 0 bridgehead atoms. The van der Waals surface area contributed by atoms with Crippen molar-refractivity contribution in [1.29, 1.82) is 0 Å². The molecule has 0 aromatic heterocycles. The number of Topliss-reactive ketones (excluding diaryl/α,β-unsaturated/α-hetero) is 1. The summed E-state index contributed by atoms with van der Waals surface area (Å²) in [7, 11) is 0. The summed E-state index contributed by atoms with van der Waals surface area (Å²) in [5, 5.41) is 19.6. The third-order valence-electron chi connectivity index (χ3n) is 2.82. The Morgan fingerprint density at radius 2 is 1.89 bits per heavy atom. The van der Waals surface area contributed by atoms with E-state index in [4.69, 9.17) is 0 Å². The van der Waals surface area contributed by atoms with Crippen molar-refractivity contribution in [1.82, 2.24) is 0 Å². The van der Waals surface area contributed by atoms with Crippen LogP contribution in [0.3, 0.4) is 0 Å². The summed E-state index contributed by atoms with van der Waals surface area (Å²) in [5.74, 6) is -0.348. The molecule has 0 amide bonds. The zero-order valence-electron chi connectivity index (χ0n) is 10.1. The van der Waals surface area contributed by atoms with Crippen LogP contribution >= 0.6 is 15.9 Å². The molecule has 1 atom stereocenters. The highest BCUT2D eigenvalue weighted by molar-refractivity contribution is 9.10. The van der Waals surface area contributed by atoms with Crippen molar-refractivity contribution in [3.63, 3.8) is 0 Å². The average Bonchev–Trinajstić information content (AvgIpc) is 2.39. The molecule has 0 aliphatic carbocycles. The van der Waals surface area contributed by atoms with Crippen LogP contribution in [0.4, 0.5) is 0 Å². The number of aliphatic hydroxyl groups excluding tert-OH is 1. The molecule has 1 unspecified atom stereocenters. The van der Waals surface area contributed by atoms with E-state index in [1.54, 1.807) is 36.4 Å². The molecule has 0 fully saturated rings. The van der Waals surface area contributed by atoms with Gasteiger partial charge < -0.3 is 10.2 Å². The predicted octanol–water partition coefficient (Wildman–Crippen LogP) is 3.46. The van der Waals surface area contributed by atoms with Gasteiger partial charge in [0.25, 0.3) is 0 Å². The highest BCUT2D eigenvalue weighted by Gasteiger charge is 2.17. The summed E-state index contributed by atoms with van der Waals surface area (Å²) in [6.07, 6.45) is -0.946. The molecule has 2 rings (SSSR count). The van der Waals surface area contributed by atoms with E-state index in [-0.39, 0.29) is 23.5 Å². The molecule has 0 saturated carbocycles. The van der Waals surface area contributed by atoms with E-state index in [1.807, 2.05) is 6.07 Å². The molecule has 0 aliphatic heterocycles. The molecule has 2 aromatic rings. The lowest BCUT2D eigenvalue weighted by Crippen LogP contribution is -2.07. The molecule has 0 radical (unpaired) electrons. The lowest BCUT2D eigenvalue weighted by atomic mass is 10.00. The number of para-hydroxylation sites is 1. The van der Waals surface area contributed by atoms with Crippen molar-refractivity contribution in [3.05, 3.63) is 64.1 Å². The smallest absolute Gasteiger partial charge is 0.169 e. The third kappa shape index (κ3) is 3.43. The van der Waals surface area contributed by atoms with E-state index < -0.39 is 6.10 Å². The van der Waals surface area contributed by atoms with Crippen LogP contribution in [0, 0.1) is 0 Å². The maximum Gasteiger partial charge on any atom is 0.169 e. The van der Waals surface area contributed by atoms with E-state index in [2.05, 4.69) is 15.9 Å². The van der Waals surface area contributed by atoms with E-state index in [1.165, 1.54) is 6.07 Å². The number of phenols is 1. The molecule has 0 saturated heterocycles. The van der Waals surface area contributed by atoms with Crippen molar-refractivity contribution in [2.75, 3.05) is 0 Å². The van der Waals surface area contributed by atoms with Gasteiger partial charge in [0.2, 0.25) is 0 Å². The second kappa shape index (κ2) is 5.99. The first kappa shape index (κ1) is 13.8. The number of carbonyl (C=O) groups is 1. The second-order valence-corrected chi connectivity index (χ2v) is 5.13. The lowest BCUT2D eigenvalue weighted by molar-refractivity contribution is 0.0877. The highest BCUT2D eigenvalue weighted by Crippen LogP contribution is 2.24. The van der Waals surface area contributed by atoms with Gasteiger partial charge >= 0.3 is 0 Å². The van der Waals surface area contributed by atoms with Crippen LogP contribution in [-0.4, -0.2) is 16.0 Å². The number of ketones is 1. The van der Waals surface area contributed by atoms with Crippen LogP contribution < -0.4 is 0 Å². The fraction of sp³-hybridized carbons (Fsp3) is 0.133. The molecule has 0 heterocycles. The van der Waals surface area contributed by atoms with Crippen molar-refractivity contribution in [2.45, 2.75) is 12.5 Å². The SMILES string of the molecule is O=C(CC(O)c1cccc(Br)c1)c1ccccc1O. The van der Waals surface area contributed by atoms with Gasteiger partial charge in [-0.25, -0.2) is 0 Å². The number of hydrogen-bond acceptors (Lipinski definition) is 3. The summed E-state index contributed by atoms with van der Waals surface area (Å²) in [6.45, 7) is 0. The highest BCUT2D eigenvalue weighted by atomic mass is 79.9. The number of aromatic hydroxyl groups is 1. The van der Waals surface area contributed by atoms with Crippen LogP contribution in [0.1, 0.15) is 28.4 Å². The van der Waals surface area contributed by atoms with Crippen LogP contribution in [0.5, 0.6) is 5.75 Å². The van der Waals surface area contributed by atoms with Crippen molar-refractivity contribution in [2.24, 2.45) is 0 Å². The molecule has 4 heteroatoms. The Morgan fingerprint density at radius 1 is 1.16 bits per heavy atom. The summed E-state index contributed by atoms with van der Waals surface area (Å²) < 4.78 is 0.846. The summed E-state index contributed by atoms with van der Waals surface area (Å²) in [6, 6.07) is 13.5. The summed E-state index contributed by atoms with van der Waals surface area (Å²) >= 11 is 3.32. The first-order valence-electron chi connectivity index (χ1n) is 5.82. The van der Waals surface area contributed by atoms with Gasteiger partial charge in [-0.1, -0.05) is 40.2 Å². The van der Waals surface area contributed by atoms with Crippen LogP contribution in [0.15, 0.2) is 53.0 Å². The second-order valence-electron chi connectivity index (χ2n) is 4.22. The predicted molar refractivity (Wildman–Crippen MR) is 76.2 cm³/mol. The van der Waals surface area contributed by atoms with Crippen molar-refractivity contribution < 1.29 is 15.0 Å². The first-order chi connectivity index (χ1) is 9.08. The number of halogens is 1. The zero-order valence-corrected chi connectivity index (χ0v) is 11.7. The van der Waals surface area contributed by atoms with Gasteiger partial charge in [-0.2, -0.15) is 0 Å². The van der Waals surface area contributed by atoms with Gasteiger partial charge in [-0.3, -0.25) is 4.79 Å². The normalized spacial score (nSPS) is 12.1. The molecule has 19 heavy (non-hydrogen) atoms. The van der Waals surface area contributed by atoms with Gasteiger partial charge in [0.05, 0.1) is 11.7 Å². The Hall–Kier alpha value is -1.65. The number of carbonyl (C=O) groups excluding carboxylic acids is 1. The van der Waals surface area contributed by atoms with Crippen LogP contribution in [0.25, 0.3) is 0 Å². The number of phenolic OH excluding ortho intramolecular Hbond substituents is 1. The standard InChI is InChI=1S/C15H13BrO3/c16-11-5-3-4-10(8-11)14(18)9-15(19)12-6-1-2-7-13(12)17/h1-8,14,17-18H,9H2. The first-order valence-corrected chi connectivity index (χ1v) is 6.62. The Balaban J connectivity index is 2.13. The topological polar surface area (TPSA) is 57.5 Å². The monoisotopic (exact) mass is 320 g/mol. The molecule has 2 N–H and O–H groups in total. The Kier molecular flexibility index (Phi) is 4.35. The Morgan fingerprint density at radius 3 is 2.58 bits per heavy atom. The lowest BCUT2D eigenvalue weighted by Gasteiger charge is -2.11. The minimum Gasteiger partial charge on any atom is -0.507 e. The minimum atomic E-state index is -0.885. The summed E-state index contributed by atoms with van der Waals surface area (Å²) in [5.41, 5.74) is 0.898. The molecular weight excluding hydrogens is 308 g/mol. The van der Waals surface area contributed by atoms with E-state index in [0.29, 0.717) is 5.56 Å². The van der Waals surface area contributed by atoms with E-state index in [0.717, 1.165) is 4.47 Å². The summed E-state index contributed by atoms with van der Waals surface area (Å²) in [4.78, 5) is 12.0. The molecule has 3 nitrogen and oxygen atoms in total. The number of hydrogen-bond donors (Lipinski definition) is 2. The Bertz CT molecular complexity index is 595. The maximum absolute atomic E-state index is 12.0. The van der Waals surface area contributed by atoms with E-state index >= 15 is 0 Å². The zero-order chi connectivity index (χ0) is 13.8. The van der Waals surface area contributed by atoms with Crippen LogP contribution in [-0.2, 0) is 0 Å². The van der Waals surface area contributed by atoms with Gasteiger partial charge in [0.15, 0.2) is 5.78 Å². The van der Waals surface area contributed by atoms with Crippen molar-refractivity contribution in [3.8, 4) is 5.75 Å². The quantitative estimate of drug-likeness (QED) is 0.848. The molecule has 98 valence electrons. The minimum absolute atomic E-state index is 0.0612. The number of aliphatic hydroxyl groups is 1. The third-order valence-corrected chi connectivity index (χ3v) is 3.31. The molecule has 0 spiro atoms. The van der Waals surface area contributed by atoms with Crippen molar-refractivity contribution >= 4 is 21.7 Å². The Labute approximate surface area is 119 Å². The van der Waals surface area contributed by atoms with Gasteiger partial charge in [-0.05, 0) is 29.8 Å². The fourth-order valence-electron chi connectivity index (χ4n) is 1.83. The number of benzene rings is 2. The maximum atomic E-state index is 12.0. The molecule has 0 aliphatic rings. The average molecular weight is 321 g/mol. The van der Waals surface area contributed by atoms with Gasteiger partial charge in [0.1, 0.15) is 5.75 Å². The van der Waals surface area contributed by atoms with E-state index in [9.17, 15) is 15.0 Å². The number of rotatable bonds is 4. The largest absolute Gasteiger partial charge is 0.507 e. The van der Waals surface area contributed by atoms with Gasteiger partial charge in [-0.15, -0.1) is 0 Å². The molecular formula is C15H13BrO3. The van der Waals surface area contributed by atoms with Crippen LogP contribution in [0.2, 0.25) is 0 Å². The fourth-order valence-corrected chi connectivity index (χ4v) is 2.24. The van der Waals surface area contributed by atoms with Gasteiger partial charge in [0, 0.05) is 10.9 Å².